The summed E-state index contributed by atoms with van der Waals surface area (Å²) in [4.78, 5) is 31.6. The second-order valence-corrected chi connectivity index (χ2v) is 10.7. The van der Waals surface area contributed by atoms with Gasteiger partial charge in [0.05, 0.1) is 0 Å². The molecule has 0 amide bonds. The molecule has 0 bridgehead atoms. The number of pyridine rings is 1. The van der Waals surface area contributed by atoms with Gasteiger partial charge in [-0.3, -0.25) is 4.79 Å². The number of rotatable bonds is 12. The third-order valence-electron chi connectivity index (χ3n) is 8.07. The summed E-state index contributed by atoms with van der Waals surface area (Å²) >= 11 is 0. The van der Waals surface area contributed by atoms with E-state index in [9.17, 15) is 9.59 Å². The van der Waals surface area contributed by atoms with Crippen LogP contribution >= 0.6 is 0 Å². The molecule has 6 heteroatoms. The van der Waals surface area contributed by atoms with Gasteiger partial charge in [-0.2, -0.15) is 4.57 Å². The van der Waals surface area contributed by atoms with Gasteiger partial charge in [0.1, 0.15) is 11.1 Å². The Balaban J connectivity index is 1.47. The second-order valence-electron chi connectivity index (χ2n) is 10.7. The van der Waals surface area contributed by atoms with E-state index in [0.717, 1.165) is 48.6 Å². The summed E-state index contributed by atoms with van der Waals surface area (Å²) in [5, 5.41) is 0.694. The number of carbonyl (C=O) groups excluding carboxylic acids is 1. The number of ketones is 1. The number of fused-ring (bicyclic) bond motifs is 1. The van der Waals surface area contributed by atoms with Crippen LogP contribution in [0.4, 0.5) is 11.4 Å². The van der Waals surface area contributed by atoms with Crippen LogP contribution in [0.3, 0.4) is 0 Å². The predicted molar refractivity (Wildman–Crippen MR) is 187 cm³/mol. The van der Waals surface area contributed by atoms with E-state index < -0.39 is 11.4 Å². The zero-order valence-electron chi connectivity index (χ0n) is 26.4. The van der Waals surface area contributed by atoms with Crippen molar-refractivity contribution < 1.29 is 13.8 Å². The van der Waals surface area contributed by atoms with Crippen LogP contribution in [-0.2, 0) is 0 Å². The lowest BCUT2D eigenvalue weighted by molar-refractivity contribution is -0.575. The zero-order chi connectivity index (χ0) is 31.8. The van der Waals surface area contributed by atoms with Crippen LogP contribution in [-0.4, -0.2) is 32.0 Å². The molecule has 0 atom stereocenters. The summed E-state index contributed by atoms with van der Waals surface area (Å²) in [7, 11) is 0. The van der Waals surface area contributed by atoms with Gasteiger partial charge in [-0.05, 0) is 80.8 Å². The molecular weight excluding hydrogens is 558 g/mol. The molecule has 228 valence electrons. The molecule has 0 aliphatic rings. The fraction of sp³-hybridized carbons (Fsp3) is 0.205. The highest BCUT2D eigenvalue weighted by atomic mass is 16.4. The fourth-order valence-corrected chi connectivity index (χ4v) is 5.43. The molecule has 5 aromatic rings. The molecular formula is C39H40N3O3+. The highest BCUT2D eigenvalue weighted by Gasteiger charge is 2.26. The van der Waals surface area contributed by atoms with Gasteiger partial charge >= 0.3 is 5.63 Å². The molecule has 45 heavy (non-hydrogen) atoms. The second kappa shape index (κ2) is 14.5. The number of Topliss-reactive ketones (excluding diaryl/α,β-unsaturated/α-hetero) is 1. The molecule has 3 aromatic carbocycles. The van der Waals surface area contributed by atoms with Crippen molar-refractivity contribution in [3.63, 3.8) is 0 Å². The molecule has 0 saturated heterocycles. The molecule has 6 nitrogen and oxygen atoms in total. The van der Waals surface area contributed by atoms with Gasteiger partial charge < -0.3 is 14.2 Å². The number of hydrogen-bond acceptors (Lipinski definition) is 5. The number of para-hydroxylation sites is 1. The van der Waals surface area contributed by atoms with Gasteiger partial charge in [0.15, 0.2) is 12.4 Å². The first-order valence-corrected chi connectivity index (χ1v) is 15.6. The molecule has 0 saturated carbocycles. The molecule has 5 rings (SSSR count). The van der Waals surface area contributed by atoms with E-state index in [1.54, 1.807) is 22.8 Å². The van der Waals surface area contributed by atoms with Gasteiger partial charge in [-0.25, -0.2) is 4.79 Å². The van der Waals surface area contributed by atoms with Crippen molar-refractivity contribution in [1.29, 1.82) is 0 Å². The summed E-state index contributed by atoms with van der Waals surface area (Å²) in [6, 6.07) is 29.3. The molecule has 0 aliphatic carbocycles. The van der Waals surface area contributed by atoms with Crippen molar-refractivity contribution in [2.45, 2.75) is 27.7 Å². The van der Waals surface area contributed by atoms with E-state index in [4.69, 9.17) is 4.42 Å². The zero-order valence-corrected chi connectivity index (χ0v) is 26.4. The summed E-state index contributed by atoms with van der Waals surface area (Å²) in [5.74, 6) is -0.413. The Morgan fingerprint density at radius 3 is 1.76 bits per heavy atom. The number of hydrogen-bond donors (Lipinski definition) is 0. The first-order valence-electron chi connectivity index (χ1n) is 15.6. The molecule has 2 aromatic heterocycles. The lowest BCUT2D eigenvalue weighted by atomic mass is 10.0. The fourth-order valence-electron chi connectivity index (χ4n) is 5.43. The van der Waals surface area contributed by atoms with Crippen LogP contribution in [0.2, 0.25) is 0 Å². The van der Waals surface area contributed by atoms with Crippen molar-refractivity contribution in [3.05, 3.63) is 136 Å². The van der Waals surface area contributed by atoms with Crippen molar-refractivity contribution in [3.8, 4) is 0 Å². The number of allylic oxidation sites excluding steroid dienone is 1. The highest BCUT2D eigenvalue weighted by molar-refractivity contribution is 6.25. The van der Waals surface area contributed by atoms with Crippen LogP contribution in [0, 0.1) is 0 Å². The normalized spacial score (nSPS) is 11.7. The Morgan fingerprint density at radius 2 is 1.20 bits per heavy atom. The minimum atomic E-state index is -0.659. The molecule has 0 aliphatic heterocycles. The third-order valence-corrected chi connectivity index (χ3v) is 8.07. The standard InChI is InChI=1S/C39H40N3O3/c1-5-40(6-2)33-19-15-29(16-20-33)13-14-30-23-25-42(26-24-30)36(27-31-17-21-34(22-18-31)41(7-3)8-4)38(43)35-28-32-11-9-10-12-37(32)45-39(35)44/h9-28H,5-8H2,1-4H3/q+1/b36-27-. The van der Waals surface area contributed by atoms with E-state index in [-0.39, 0.29) is 5.56 Å². The van der Waals surface area contributed by atoms with Gasteiger partial charge in [0, 0.05) is 61.1 Å². The lowest BCUT2D eigenvalue weighted by Gasteiger charge is -2.20. The molecule has 2 heterocycles. The van der Waals surface area contributed by atoms with Gasteiger partial charge in [-0.1, -0.05) is 54.6 Å². The smallest absolute Gasteiger partial charge is 0.347 e. The van der Waals surface area contributed by atoms with E-state index >= 15 is 0 Å². The monoisotopic (exact) mass is 598 g/mol. The van der Waals surface area contributed by atoms with Crippen LogP contribution in [0.5, 0.6) is 0 Å². The number of aromatic nitrogens is 1. The number of benzene rings is 3. The molecule has 0 fully saturated rings. The van der Waals surface area contributed by atoms with Gasteiger partial charge in [0.25, 0.3) is 11.5 Å². The van der Waals surface area contributed by atoms with Crippen molar-refractivity contribution in [2.24, 2.45) is 0 Å². The highest BCUT2D eigenvalue weighted by Crippen LogP contribution is 2.20. The Bertz CT molecular complexity index is 1860. The Morgan fingerprint density at radius 1 is 0.689 bits per heavy atom. The number of nitrogens with zero attached hydrogens (tertiary/aromatic N) is 3. The Hall–Kier alpha value is -5.23. The number of carbonyl (C=O) groups is 1. The van der Waals surface area contributed by atoms with Crippen LogP contribution in [0.15, 0.2) is 113 Å². The Kier molecular flexibility index (Phi) is 10.1. The maximum atomic E-state index is 14.0. The SMILES string of the molecule is CCN(CC)c1ccc(/C=C(/C(=O)c2cc3ccccc3oc2=O)[n+]2ccc(/C=C/c3ccc(N(CC)CC)cc3)cc2)cc1. The van der Waals surface area contributed by atoms with Crippen LogP contribution in [0.25, 0.3) is 34.9 Å². The average Bonchev–Trinajstić information content (AvgIpc) is 3.08. The molecule has 0 unspecified atom stereocenters. The summed E-state index contributed by atoms with van der Waals surface area (Å²) in [5.41, 5.74) is 5.40. The van der Waals surface area contributed by atoms with Gasteiger partial charge in [0.2, 0.25) is 0 Å². The van der Waals surface area contributed by atoms with E-state index in [0.29, 0.717) is 16.7 Å². The van der Waals surface area contributed by atoms with Crippen molar-refractivity contribution in [2.75, 3.05) is 36.0 Å². The van der Waals surface area contributed by atoms with E-state index in [1.807, 2.05) is 60.9 Å². The van der Waals surface area contributed by atoms with Crippen LogP contribution < -0.4 is 20.0 Å². The number of anilines is 2. The first-order chi connectivity index (χ1) is 21.9. The summed E-state index contributed by atoms with van der Waals surface area (Å²) in [6.45, 7) is 12.3. The molecule has 0 N–H and O–H groups in total. The first kappa shape index (κ1) is 31.2. The van der Waals surface area contributed by atoms with Gasteiger partial charge in [-0.15, -0.1) is 0 Å². The topological polar surface area (TPSA) is 57.6 Å². The minimum absolute atomic E-state index is 0.00987. The van der Waals surface area contributed by atoms with Crippen LogP contribution in [0.1, 0.15) is 54.7 Å². The van der Waals surface area contributed by atoms with Crippen molar-refractivity contribution >= 4 is 52.1 Å². The minimum Gasteiger partial charge on any atom is -0.422 e. The average molecular weight is 599 g/mol. The lowest BCUT2D eigenvalue weighted by Crippen LogP contribution is -2.36. The summed E-state index contributed by atoms with van der Waals surface area (Å²) < 4.78 is 7.27. The Labute approximate surface area is 265 Å². The largest absolute Gasteiger partial charge is 0.422 e. The third kappa shape index (κ3) is 7.29. The van der Waals surface area contributed by atoms with E-state index in [2.05, 4.69) is 80.0 Å². The van der Waals surface area contributed by atoms with Crippen molar-refractivity contribution in [1.82, 2.24) is 0 Å². The summed E-state index contributed by atoms with van der Waals surface area (Å²) in [6.07, 6.45) is 9.63. The van der Waals surface area contributed by atoms with E-state index in [1.165, 1.54) is 5.69 Å². The molecule has 0 radical (unpaired) electrons. The maximum absolute atomic E-state index is 14.0. The quantitative estimate of drug-likeness (QED) is 0.0634. The molecule has 0 spiro atoms. The predicted octanol–water partition coefficient (Wildman–Crippen LogP) is 7.82. The maximum Gasteiger partial charge on any atom is 0.347 e.